The topological polar surface area (TPSA) is 95.0 Å². The molecule has 2 saturated heterocycles. The third-order valence-corrected chi connectivity index (χ3v) is 7.65. The third-order valence-electron chi connectivity index (χ3n) is 6.69. The Morgan fingerprint density at radius 1 is 1.14 bits per heavy atom. The molecule has 9 heteroatoms. The smallest absolute Gasteiger partial charge is 0.255 e. The van der Waals surface area contributed by atoms with Gasteiger partial charge in [-0.3, -0.25) is 9.00 Å². The van der Waals surface area contributed by atoms with Crippen molar-refractivity contribution in [2.45, 2.75) is 49.1 Å². The van der Waals surface area contributed by atoms with Crippen molar-refractivity contribution in [1.82, 2.24) is 15.2 Å². The molecule has 2 aliphatic heterocycles. The van der Waals surface area contributed by atoms with Gasteiger partial charge in [0.25, 0.3) is 5.91 Å². The summed E-state index contributed by atoms with van der Waals surface area (Å²) >= 11 is 0. The molecule has 0 bridgehead atoms. The minimum absolute atomic E-state index is 0.0839. The number of benzene rings is 1. The van der Waals surface area contributed by atoms with Gasteiger partial charge in [-0.15, -0.1) is 0 Å². The van der Waals surface area contributed by atoms with E-state index in [1.807, 2.05) is 29.2 Å². The highest BCUT2D eigenvalue weighted by atomic mass is 32.2. The maximum absolute atomic E-state index is 12.7. The van der Waals surface area contributed by atoms with E-state index in [-0.39, 0.29) is 12.5 Å². The summed E-state index contributed by atoms with van der Waals surface area (Å²) in [6.07, 6.45) is 7.93. The molecule has 2 fully saturated rings. The first-order valence-electron chi connectivity index (χ1n) is 12.5. The Morgan fingerprint density at radius 3 is 2.57 bits per heavy atom. The number of nitrogens with one attached hydrogen (secondary N) is 1. The first kappa shape index (κ1) is 25.6. The number of aliphatic hydroxyl groups excluding tert-OH is 1. The van der Waals surface area contributed by atoms with E-state index < -0.39 is 16.9 Å². The molecule has 1 aromatic heterocycles. The summed E-state index contributed by atoms with van der Waals surface area (Å²) in [6, 6.07) is 11.4. The number of amides is 1. The summed E-state index contributed by atoms with van der Waals surface area (Å²) in [5.74, 6) is 1.54. The number of rotatable bonds is 9. The second-order valence-corrected chi connectivity index (χ2v) is 10.6. The van der Waals surface area contributed by atoms with Gasteiger partial charge in [-0.1, -0.05) is 12.1 Å². The van der Waals surface area contributed by atoms with Crippen molar-refractivity contribution in [2.24, 2.45) is 0 Å². The van der Waals surface area contributed by atoms with Crippen LogP contribution in [0, 0.1) is 0 Å². The first-order chi connectivity index (χ1) is 17.0. The molecule has 2 atom stereocenters. The second kappa shape index (κ2) is 12.5. The van der Waals surface area contributed by atoms with Gasteiger partial charge < -0.3 is 25.0 Å². The SMILES string of the molecule is CS(=O)c1ccccc1OCC(O)CNC1CCN(c2ccc(C(=O)N3CCCCC3)cn2)CC1. The highest BCUT2D eigenvalue weighted by Gasteiger charge is 2.22. The molecule has 190 valence electrons. The summed E-state index contributed by atoms with van der Waals surface area (Å²) < 4.78 is 17.5. The van der Waals surface area contributed by atoms with Crippen LogP contribution in [-0.2, 0) is 10.8 Å². The molecule has 3 heterocycles. The number of aliphatic hydroxyl groups is 1. The van der Waals surface area contributed by atoms with Gasteiger partial charge in [-0.2, -0.15) is 0 Å². The molecule has 2 N–H and O–H groups in total. The molecule has 4 rings (SSSR count). The quantitative estimate of drug-likeness (QED) is 0.546. The van der Waals surface area contributed by atoms with Crippen molar-refractivity contribution in [2.75, 3.05) is 50.5 Å². The number of para-hydroxylation sites is 1. The summed E-state index contributed by atoms with van der Waals surface area (Å²) in [6.45, 7) is 4.00. The highest BCUT2D eigenvalue weighted by molar-refractivity contribution is 7.84. The Kier molecular flexibility index (Phi) is 9.12. The number of ether oxygens (including phenoxy) is 1. The Bertz CT molecular complexity index is 989. The number of carbonyl (C=O) groups is 1. The number of carbonyl (C=O) groups excluding carboxylic acids is 1. The van der Waals surface area contributed by atoms with E-state index in [9.17, 15) is 14.1 Å². The largest absolute Gasteiger partial charge is 0.490 e. The number of aromatic nitrogens is 1. The average Bonchev–Trinajstić information content (AvgIpc) is 2.91. The maximum Gasteiger partial charge on any atom is 0.255 e. The van der Waals surface area contributed by atoms with Gasteiger partial charge in [0.2, 0.25) is 0 Å². The van der Waals surface area contributed by atoms with Crippen molar-refractivity contribution in [3.05, 3.63) is 48.2 Å². The van der Waals surface area contributed by atoms with Crippen molar-refractivity contribution in [1.29, 1.82) is 0 Å². The van der Waals surface area contributed by atoms with Gasteiger partial charge >= 0.3 is 0 Å². The van der Waals surface area contributed by atoms with E-state index in [0.29, 0.717) is 28.8 Å². The van der Waals surface area contributed by atoms with E-state index in [1.165, 1.54) is 6.42 Å². The maximum atomic E-state index is 12.7. The van der Waals surface area contributed by atoms with Gasteiger partial charge in [0.05, 0.1) is 21.3 Å². The predicted molar refractivity (Wildman–Crippen MR) is 138 cm³/mol. The molecular weight excluding hydrogens is 464 g/mol. The number of anilines is 1. The Hall–Kier alpha value is -2.49. The van der Waals surface area contributed by atoms with Gasteiger partial charge in [-0.05, 0) is 56.4 Å². The zero-order chi connectivity index (χ0) is 24.6. The molecule has 2 unspecified atom stereocenters. The van der Waals surface area contributed by atoms with Crippen LogP contribution in [0.2, 0.25) is 0 Å². The van der Waals surface area contributed by atoms with Gasteiger partial charge in [-0.25, -0.2) is 4.98 Å². The minimum atomic E-state index is -1.14. The molecular formula is C26H36N4O4S. The molecule has 0 aliphatic carbocycles. The Morgan fingerprint density at radius 2 is 1.89 bits per heavy atom. The van der Waals surface area contributed by atoms with E-state index in [0.717, 1.165) is 57.7 Å². The van der Waals surface area contributed by atoms with Crippen LogP contribution in [0.5, 0.6) is 5.75 Å². The van der Waals surface area contributed by atoms with Crippen LogP contribution in [0.4, 0.5) is 5.82 Å². The molecule has 1 aromatic carbocycles. The number of hydrogen-bond acceptors (Lipinski definition) is 7. The molecule has 2 aromatic rings. The predicted octanol–water partition coefficient (Wildman–Crippen LogP) is 2.44. The molecule has 35 heavy (non-hydrogen) atoms. The molecule has 2 aliphatic rings. The fourth-order valence-electron chi connectivity index (χ4n) is 4.65. The fourth-order valence-corrected chi connectivity index (χ4v) is 5.33. The van der Waals surface area contributed by atoms with E-state index in [1.54, 1.807) is 24.6 Å². The molecule has 0 spiro atoms. The number of hydrogen-bond donors (Lipinski definition) is 2. The first-order valence-corrected chi connectivity index (χ1v) is 14.0. The average molecular weight is 501 g/mol. The fraction of sp³-hybridized carbons (Fsp3) is 0.538. The monoisotopic (exact) mass is 500 g/mol. The second-order valence-electron chi connectivity index (χ2n) is 9.29. The van der Waals surface area contributed by atoms with E-state index in [2.05, 4.69) is 15.2 Å². The van der Waals surface area contributed by atoms with E-state index in [4.69, 9.17) is 4.74 Å². The lowest BCUT2D eigenvalue weighted by Gasteiger charge is -2.33. The summed E-state index contributed by atoms with van der Waals surface area (Å²) in [4.78, 5) is 22.0. The molecule has 0 radical (unpaired) electrons. The standard InChI is InChI=1S/C26H36N4O4S/c1-35(33)24-8-4-3-7-23(24)34-19-22(31)18-27-21-11-15-29(16-12-21)25-10-9-20(17-28-25)26(32)30-13-5-2-6-14-30/h3-4,7-10,17,21-22,27,31H,2,5-6,11-16,18-19H2,1H3. The van der Waals surface area contributed by atoms with Crippen LogP contribution in [0.3, 0.4) is 0 Å². The van der Waals surface area contributed by atoms with Crippen LogP contribution in [0.15, 0.2) is 47.5 Å². The van der Waals surface area contributed by atoms with E-state index >= 15 is 0 Å². The number of likely N-dealkylation sites (tertiary alicyclic amines) is 1. The van der Waals surface area contributed by atoms with Crippen LogP contribution in [0.25, 0.3) is 0 Å². The zero-order valence-corrected chi connectivity index (χ0v) is 21.2. The van der Waals surface area contributed by atoms with Gasteiger partial charge in [0, 0.05) is 51.2 Å². The highest BCUT2D eigenvalue weighted by Crippen LogP contribution is 2.22. The van der Waals surface area contributed by atoms with Crippen molar-refractivity contribution in [3.63, 3.8) is 0 Å². The summed E-state index contributed by atoms with van der Waals surface area (Å²) in [5.41, 5.74) is 0.663. The molecule has 8 nitrogen and oxygen atoms in total. The van der Waals surface area contributed by atoms with Crippen LogP contribution >= 0.6 is 0 Å². The lowest BCUT2D eigenvalue weighted by atomic mass is 10.0. The van der Waals surface area contributed by atoms with Crippen molar-refractivity contribution in [3.8, 4) is 5.75 Å². The van der Waals surface area contributed by atoms with Crippen molar-refractivity contribution >= 4 is 22.5 Å². The lowest BCUT2D eigenvalue weighted by molar-refractivity contribution is 0.0724. The minimum Gasteiger partial charge on any atom is -0.490 e. The summed E-state index contributed by atoms with van der Waals surface area (Å²) in [7, 11) is -1.14. The third kappa shape index (κ3) is 7.02. The molecule has 0 saturated carbocycles. The zero-order valence-electron chi connectivity index (χ0n) is 20.4. The van der Waals surface area contributed by atoms with Gasteiger partial charge in [0.15, 0.2) is 0 Å². The van der Waals surface area contributed by atoms with Crippen molar-refractivity contribution < 1.29 is 18.8 Å². The number of pyridine rings is 1. The van der Waals surface area contributed by atoms with Crippen LogP contribution < -0.4 is 15.0 Å². The number of nitrogens with zero attached hydrogens (tertiary/aromatic N) is 3. The molecule has 1 amide bonds. The Labute approximate surface area is 210 Å². The summed E-state index contributed by atoms with van der Waals surface area (Å²) in [5, 5.41) is 13.8. The lowest BCUT2D eigenvalue weighted by Crippen LogP contribution is -2.45. The van der Waals surface area contributed by atoms with Crippen LogP contribution in [-0.4, -0.2) is 82.8 Å². The number of piperidine rings is 2. The normalized spacial score (nSPS) is 18.8. The van der Waals surface area contributed by atoms with Gasteiger partial charge in [0.1, 0.15) is 24.3 Å². The van der Waals surface area contributed by atoms with Crippen LogP contribution in [0.1, 0.15) is 42.5 Å². The Balaban J connectivity index is 1.18.